The van der Waals surface area contributed by atoms with Crippen LogP contribution in [0.4, 0.5) is 10.5 Å². The zero-order valence-corrected chi connectivity index (χ0v) is 27.2. The number of anilines is 1. The number of carbonyl (C=O) groups excluding carboxylic acids is 3. The lowest BCUT2D eigenvalue weighted by Crippen LogP contribution is -2.52. The summed E-state index contributed by atoms with van der Waals surface area (Å²) in [6.45, 7) is 9.23. The van der Waals surface area contributed by atoms with Crippen molar-refractivity contribution in [3.8, 4) is 21.7 Å². The van der Waals surface area contributed by atoms with Crippen molar-refractivity contribution in [1.82, 2.24) is 15.6 Å². The van der Waals surface area contributed by atoms with Crippen LogP contribution in [-0.2, 0) is 27.3 Å². The Labute approximate surface area is 268 Å². The van der Waals surface area contributed by atoms with Crippen molar-refractivity contribution >= 4 is 34.9 Å². The number of fused-ring (bicyclic) bond motifs is 1. The molecule has 1 aliphatic rings. The van der Waals surface area contributed by atoms with Crippen molar-refractivity contribution in [1.29, 1.82) is 0 Å². The van der Waals surface area contributed by atoms with Gasteiger partial charge in [-0.1, -0.05) is 66.7 Å². The molecule has 0 bridgehead atoms. The van der Waals surface area contributed by atoms with Crippen LogP contribution in [0.3, 0.4) is 0 Å². The van der Waals surface area contributed by atoms with Crippen LogP contribution < -0.4 is 15.5 Å². The normalized spacial score (nSPS) is 15.2. The Morgan fingerprint density at radius 2 is 1.64 bits per heavy atom. The second-order valence-electron chi connectivity index (χ2n) is 13.0. The van der Waals surface area contributed by atoms with E-state index in [1.807, 2.05) is 60.1 Å². The number of hydrogen-bond acceptors (Lipinski definition) is 6. The molecule has 0 spiro atoms. The molecule has 3 amide bonds. The summed E-state index contributed by atoms with van der Waals surface area (Å²) in [6, 6.07) is 23.7. The molecule has 0 unspecified atom stereocenters. The van der Waals surface area contributed by atoms with Crippen LogP contribution in [0.15, 0.2) is 84.4 Å². The smallest absolute Gasteiger partial charge is 0.408 e. The summed E-state index contributed by atoms with van der Waals surface area (Å²) in [5, 5.41) is 8.67. The van der Waals surface area contributed by atoms with Gasteiger partial charge in [-0.3, -0.25) is 9.59 Å². The first-order valence-electron chi connectivity index (χ1n) is 15.2. The van der Waals surface area contributed by atoms with E-state index in [2.05, 4.69) is 39.9 Å². The fraction of sp³-hybridized carbons (Fsp3) is 0.333. The van der Waals surface area contributed by atoms with E-state index < -0.39 is 23.3 Å². The number of thiazole rings is 1. The maximum atomic E-state index is 14.0. The predicted molar refractivity (Wildman–Crippen MR) is 179 cm³/mol. The maximum absolute atomic E-state index is 14.0. The fourth-order valence-corrected chi connectivity index (χ4v) is 6.21. The number of hydrogen-bond donors (Lipinski definition) is 2. The highest BCUT2D eigenvalue weighted by atomic mass is 32.1. The van der Waals surface area contributed by atoms with E-state index in [9.17, 15) is 14.4 Å². The number of aryl methyl sites for hydroxylation is 1. The van der Waals surface area contributed by atoms with Gasteiger partial charge in [0, 0.05) is 34.8 Å². The number of aromatic nitrogens is 1. The number of alkyl carbamates (subject to hydrolysis) is 1. The molecule has 8 nitrogen and oxygen atoms in total. The van der Waals surface area contributed by atoms with Crippen molar-refractivity contribution in [2.75, 3.05) is 4.90 Å². The van der Waals surface area contributed by atoms with E-state index in [1.165, 1.54) is 0 Å². The molecule has 45 heavy (non-hydrogen) atoms. The standard InChI is InChI=1S/C36H40N4O4S/c1-35(2,3)44-34(43)39-36(4,5)22-31(41)38-29-19-18-26-10-6-9-13-30(26)40(33(29)42)23-24-14-16-25(17-15-24)27-11-7-8-12-28(27)32-37-20-21-45-32/h6-17,20-21,29H,18-19,22-23H2,1-5H3,(H,38,41)(H,39,43)/t29-/m1/s1. The van der Waals surface area contributed by atoms with Crippen LogP contribution in [0, 0.1) is 0 Å². The Hall–Kier alpha value is -4.50. The Balaban J connectivity index is 1.32. The minimum Gasteiger partial charge on any atom is -0.444 e. The van der Waals surface area contributed by atoms with Gasteiger partial charge in [0.25, 0.3) is 0 Å². The molecule has 5 rings (SSSR count). The first kappa shape index (κ1) is 31.9. The molecule has 0 aliphatic carbocycles. The highest BCUT2D eigenvalue weighted by Crippen LogP contribution is 2.34. The highest BCUT2D eigenvalue weighted by molar-refractivity contribution is 7.13. The monoisotopic (exact) mass is 624 g/mol. The molecule has 0 radical (unpaired) electrons. The van der Waals surface area contributed by atoms with Crippen molar-refractivity contribution in [2.24, 2.45) is 0 Å². The molecule has 0 fully saturated rings. The Morgan fingerprint density at radius 3 is 2.33 bits per heavy atom. The van der Waals surface area contributed by atoms with E-state index in [0.717, 1.165) is 38.5 Å². The largest absolute Gasteiger partial charge is 0.444 e. The number of rotatable bonds is 8. The van der Waals surface area contributed by atoms with E-state index >= 15 is 0 Å². The summed E-state index contributed by atoms with van der Waals surface area (Å²) in [5.41, 5.74) is 4.61. The second-order valence-corrected chi connectivity index (χ2v) is 13.9. The topological polar surface area (TPSA) is 101 Å². The number of carbonyl (C=O) groups is 3. The summed E-state index contributed by atoms with van der Waals surface area (Å²) in [5.74, 6) is -0.479. The lowest BCUT2D eigenvalue weighted by molar-refractivity contribution is -0.128. The van der Waals surface area contributed by atoms with Crippen molar-refractivity contribution in [3.63, 3.8) is 0 Å². The third kappa shape index (κ3) is 8.16. The molecule has 0 saturated heterocycles. The maximum Gasteiger partial charge on any atom is 0.408 e. The molecular formula is C36H40N4O4S. The number of para-hydroxylation sites is 1. The number of benzene rings is 3. The van der Waals surface area contributed by atoms with Gasteiger partial charge in [-0.15, -0.1) is 11.3 Å². The van der Waals surface area contributed by atoms with E-state index in [0.29, 0.717) is 19.4 Å². The average Bonchev–Trinajstić information content (AvgIpc) is 3.48. The van der Waals surface area contributed by atoms with Gasteiger partial charge in [0.2, 0.25) is 11.8 Å². The van der Waals surface area contributed by atoms with Crippen molar-refractivity contribution in [3.05, 3.63) is 95.5 Å². The summed E-state index contributed by atoms with van der Waals surface area (Å²) in [4.78, 5) is 45.8. The summed E-state index contributed by atoms with van der Waals surface area (Å²) in [6.07, 6.45) is 2.34. The zero-order chi connectivity index (χ0) is 32.2. The highest BCUT2D eigenvalue weighted by Gasteiger charge is 2.33. The molecule has 0 saturated carbocycles. The molecule has 1 aromatic heterocycles. The van der Waals surface area contributed by atoms with Crippen molar-refractivity contribution in [2.45, 2.75) is 77.6 Å². The van der Waals surface area contributed by atoms with Crippen LogP contribution in [0.2, 0.25) is 0 Å². The first-order valence-corrected chi connectivity index (χ1v) is 16.0. The fourth-order valence-electron chi connectivity index (χ4n) is 5.53. The SMILES string of the molecule is CC(C)(CC(=O)N[C@@H]1CCc2ccccc2N(Cc2ccc(-c3ccccc3-c3nccs3)cc2)C1=O)NC(=O)OC(C)(C)C. The molecule has 1 aliphatic heterocycles. The molecule has 2 N–H and O–H groups in total. The first-order chi connectivity index (χ1) is 21.4. The summed E-state index contributed by atoms with van der Waals surface area (Å²) < 4.78 is 5.36. The quantitative estimate of drug-likeness (QED) is 0.217. The Bertz CT molecular complexity index is 1660. The van der Waals surface area contributed by atoms with E-state index in [1.54, 1.807) is 50.9 Å². The molecule has 9 heteroatoms. The number of nitrogens with one attached hydrogen (secondary N) is 2. The molecule has 4 aromatic rings. The van der Waals surface area contributed by atoms with Crippen molar-refractivity contribution < 1.29 is 19.1 Å². The van der Waals surface area contributed by atoms with Crippen LogP contribution in [0.25, 0.3) is 21.7 Å². The van der Waals surface area contributed by atoms with Gasteiger partial charge < -0.3 is 20.3 Å². The van der Waals surface area contributed by atoms with Crippen LogP contribution in [0.5, 0.6) is 0 Å². The van der Waals surface area contributed by atoms with Gasteiger partial charge in [-0.05, 0) is 75.8 Å². The number of nitrogens with zero attached hydrogens (tertiary/aromatic N) is 2. The number of amides is 3. The molecular weight excluding hydrogens is 584 g/mol. The van der Waals surface area contributed by atoms with Crippen LogP contribution in [0.1, 0.15) is 58.6 Å². The van der Waals surface area contributed by atoms with Crippen LogP contribution in [-0.4, -0.2) is 40.1 Å². The zero-order valence-electron chi connectivity index (χ0n) is 26.4. The Morgan fingerprint density at radius 1 is 0.956 bits per heavy atom. The number of ether oxygens (including phenoxy) is 1. The predicted octanol–water partition coefficient (Wildman–Crippen LogP) is 7.13. The van der Waals surface area contributed by atoms with E-state index in [-0.39, 0.29) is 18.2 Å². The van der Waals surface area contributed by atoms with Gasteiger partial charge in [-0.2, -0.15) is 0 Å². The minimum atomic E-state index is -0.872. The van der Waals surface area contributed by atoms with Gasteiger partial charge in [0.05, 0.1) is 6.54 Å². The second kappa shape index (κ2) is 13.2. The van der Waals surface area contributed by atoms with Crippen LogP contribution >= 0.6 is 11.3 Å². The third-order valence-corrected chi connectivity index (χ3v) is 8.33. The average molecular weight is 625 g/mol. The summed E-state index contributed by atoms with van der Waals surface area (Å²) >= 11 is 1.61. The summed E-state index contributed by atoms with van der Waals surface area (Å²) in [7, 11) is 0. The van der Waals surface area contributed by atoms with Gasteiger partial charge >= 0.3 is 6.09 Å². The molecule has 2 heterocycles. The Kier molecular flexibility index (Phi) is 9.39. The molecule has 1 atom stereocenters. The lowest BCUT2D eigenvalue weighted by Gasteiger charge is -2.29. The van der Waals surface area contributed by atoms with Gasteiger partial charge in [-0.25, -0.2) is 9.78 Å². The van der Waals surface area contributed by atoms with Gasteiger partial charge in [0.1, 0.15) is 16.7 Å². The minimum absolute atomic E-state index is 0.00704. The van der Waals surface area contributed by atoms with E-state index in [4.69, 9.17) is 4.74 Å². The third-order valence-electron chi connectivity index (χ3n) is 7.52. The molecule has 234 valence electrons. The van der Waals surface area contributed by atoms with Gasteiger partial charge in [0.15, 0.2) is 0 Å². The molecule has 3 aromatic carbocycles. The lowest BCUT2D eigenvalue weighted by atomic mass is 9.98.